The van der Waals surface area contributed by atoms with Gasteiger partial charge in [-0.1, -0.05) is 35.9 Å². The Balaban J connectivity index is 1.52. The summed E-state index contributed by atoms with van der Waals surface area (Å²) in [5, 5.41) is 16.0. The maximum absolute atomic E-state index is 14.2. The van der Waals surface area contributed by atoms with E-state index < -0.39 is 30.0 Å². The molecule has 0 saturated heterocycles. The summed E-state index contributed by atoms with van der Waals surface area (Å²) in [5.74, 6) is -2.15. The third-order valence-corrected chi connectivity index (χ3v) is 6.04. The largest absolute Gasteiger partial charge is 0.428 e. The standard InChI is InChI=1S/C24H20ClF4N5O/c1-14-11-31-33-21(14)9-16-4-2-15(3-5-16)8-18-13-32-34-23(18,24(27,28)29)22(35)30-12-17-10-19(25)6-7-20(17)26/h2-7,10-11,13H,8-9,12H2,1H3,(H,30,35)(H,31,33). The molecule has 11 heteroatoms. The number of carbonyl (C=O) groups excluding carboxylic acids is 1. The SMILES string of the molecule is Cc1cn[nH]c1Cc1ccc(CC2=CN=NC2(C(=O)NCc2cc(Cl)ccc2F)C(F)(F)F)cc1. The quantitative estimate of drug-likeness (QED) is 0.409. The number of rotatable bonds is 7. The normalized spacial score (nSPS) is 17.5. The van der Waals surface area contributed by atoms with Gasteiger partial charge in [-0.25, -0.2) is 4.39 Å². The van der Waals surface area contributed by atoms with Crippen molar-refractivity contribution in [3.63, 3.8) is 0 Å². The third kappa shape index (κ3) is 4.97. The number of alkyl halides is 3. The van der Waals surface area contributed by atoms with Crippen LogP contribution in [0.1, 0.15) is 27.9 Å². The lowest BCUT2D eigenvalue weighted by Gasteiger charge is -2.29. The Bertz CT molecular complexity index is 1300. The smallest absolute Gasteiger partial charge is 0.349 e. The number of H-pyrrole nitrogens is 1. The van der Waals surface area contributed by atoms with Gasteiger partial charge in [-0.15, -0.1) is 0 Å². The second kappa shape index (κ2) is 9.61. The number of halogens is 5. The molecule has 0 saturated carbocycles. The zero-order valence-electron chi connectivity index (χ0n) is 18.5. The number of hydrogen-bond donors (Lipinski definition) is 2. The molecular weight excluding hydrogens is 486 g/mol. The van der Waals surface area contributed by atoms with Gasteiger partial charge in [0.25, 0.3) is 11.4 Å². The monoisotopic (exact) mass is 505 g/mol. The van der Waals surface area contributed by atoms with Crippen LogP contribution in [0.25, 0.3) is 0 Å². The van der Waals surface area contributed by atoms with Gasteiger partial charge in [-0.05, 0) is 48.2 Å². The van der Waals surface area contributed by atoms with Crippen molar-refractivity contribution in [1.29, 1.82) is 0 Å². The lowest BCUT2D eigenvalue weighted by atomic mass is 9.85. The van der Waals surface area contributed by atoms with E-state index in [2.05, 4.69) is 25.7 Å². The van der Waals surface area contributed by atoms with Gasteiger partial charge < -0.3 is 5.32 Å². The molecule has 35 heavy (non-hydrogen) atoms. The first-order chi connectivity index (χ1) is 16.6. The van der Waals surface area contributed by atoms with E-state index in [1.165, 1.54) is 12.1 Å². The summed E-state index contributed by atoms with van der Waals surface area (Å²) < 4.78 is 56.7. The van der Waals surface area contributed by atoms with E-state index >= 15 is 0 Å². The molecule has 182 valence electrons. The van der Waals surface area contributed by atoms with Gasteiger partial charge in [0.05, 0.1) is 12.4 Å². The summed E-state index contributed by atoms with van der Waals surface area (Å²) in [7, 11) is 0. The zero-order chi connectivity index (χ0) is 25.2. The minimum Gasteiger partial charge on any atom is -0.349 e. The minimum atomic E-state index is -5.06. The molecule has 0 radical (unpaired) electrons. The summed E-state index contributed by atoms with van der Waals surface area (Å²) in [4.78, 5) is 12.9. The average molecular weight is 506 g/mol. The van der Waals surface area contributed by atoms with Crippen molar-refractivity contribution in [1.82, 2.24) is 15.5 Å². The van der Waals surface area contributed by atoms with Crippen molar-refractivity contribution in [3.8, 4) is 0 Å². The zero-order valence-corrected chi connectivity index (χ0v) is 19.2. The van der Waals surface area contributed by atoms with E-state index in [1.54, 1.807) is 30.5 Å². The van der Waals surface area contributed by atoms with Crippen LogP contribution in [0.15, 0.2) is 70.7 Å². The Morgan fingerprint density at radius 2 is 1.80 bits per heavy atom. The maximum atomic E-state index is 14.2. The molecule has 0 bridgehead atoms. The van der Waals surface area contributed by atoms with Crippen LogP contribution in [-0.4, -0.2) is 27.8 Å². The average Bonchev–Trinajstić information content (AvgIpc) is 3.42. The van der Waals surface area contributed by atoms with Crippen molar-refractivity contribution < 1.29 is 22.4 Å². The highest BCUT2D eigenvalue weighted by atomic mass is 35.5. The molecule has 0 spiro atoms. The van der Waals surface area contributed by atoms with Crippen LogP contribution in [0, 0.1) is 12.7 Å². The predicted molar refractivity (Wildman–Crippen MR) is 121 cm³/mol. The van der Waals surface area contributed by atoms with Gasteiger partial charge in [0.2, 0.25) is 0 Å². The van der Waals surface area contributed by atoms with Crippen LogP contribution >= 0.6 is 11.6 Å². The summed E-state index contributed by atoms with van der Waals surface area (Å²) in [6.45, 7) is 1.43. The van der Waals surface area contributed by atoms with E-state index in [0.29, 0.717) is 12.0 Å². The van der Waals surface area contributed by atoms with Crippen molar-refractivity contribution >= 4 is 17.5 Å². The van der Waals surface area contributed by atoms with Crippen molar-refractivity contribution in [2.24, 2.45) is 10.2 Å². The van der Waals surface area contributed by atoms with Crippen molar-refractivity contribution in [2.75, 3.05) is 0 Å². The molecule has 2 heterocycles. The van der Waals surface area contributed by atoms with Crippen LogP contribution in [0.2, 0.25) is 5.02 Å². The minimum absolute atomic E-state index is 0.0493. The number of nitrogens with zero attached hydrogens (tertiary/aromatic N) is 3. The fourth-order valence-corrected chi connectivity index (χ4v) is 4.00. The lowest BCUT2D eigenvalue weighted by Crippen LogP contribution is -2.56. The second-order valence-corrected chi connectivity index (χ2v) is 8.63. The summed E-state index contributed by atoms with van der Waals surface area (Å²) in [6, 6.07) is 10.6. The summed E-state index contributed by atoms with van der Waals surface area (Å²) in [5.41, 5.74) is -0.133. The highest BCUT2D eigenvalue weighted by Gasteiger charge is 2.65. The van der Waals surface area contributed by atoms with E-state index in [-0.39, 0.29) is 22.6 Å². The van der Waals surface area contributed by atoms with Gasteiger partial charge in [0.1, 0.15) is 5.82 Å². The Morgan fingerprint density at radius 1 is 1.11 bits per heavy atom. The Morgan fingerprint density at radius 3 is 2.43 bits per heavy atom. The fraction of sp³-hybridized carbons (Fsp3) is 0.250. The van der Waals surface area contributed by atoms with Crippen molar-refractivity contribution in [2.45, 2.75) is 38.0 Å². The highest BCUT2D eigenvalue weighted by Crippen LogP contribution is 2.44. The van der Waals surface area contributed by atoms with Crippen LogP contribution in [0.5, 0.6) is 0 Å². The molecular formula is C24H20ClF4N5O. The topological polar surface area (TPSA) is 82.5 Å². The number of hydrogen-bond acceptors (Lipinski definition) is 4. The molecule has 1 aliphatic rings. The van der Waals surface area contributed by atoms with Gasteiger partial charge in [0.15, 0.2) is 0 Å². The first kappa shape index (κ1) is 24.6. The van der Waals surface area contributed by atoms with Gasteiger partial charge in [-0.2, -0.15) is 28.5 Å². The molecule has 0 aliphatic carbocycles. The van der Waals surface area contributed by atoms with Crippen LogP contribution in [-0.2, 0) is 24.2 Å². The highest BCUT2D eigenvalue weighted by molar-refractivity contribution is 6.30. The van der Waals surface area contributed by atoms with Crippen LogP contribution < -0.4 is 5.32 Å². The Labute approximate surface area is 203 Å². The molecule has 1 aliphatic heterocycles. The first-order valence-corrected chi connectivity index (χ1v) is 10.9. The van der Waals surface area contributed by atoms with Crippen LogP contribution in [0.3, 0.4) is 0 Å². The van der Waals surface area contributed by atoms with E-state index in [0.717, 1.165) is 29.1 Å². The molecule has 1 amide bonds. The number of aromatic amines is 1. The summed E-state index contributed by atoms with van der Waals surface area (Å²) in [6.07, 6.45) is -2.00. The van der Waals surface area contributed by atoms with E-state index in [9.17, 15) is 22.4 Å². The Hall–Kier alpha value is -3.53. The molecule has 6 nitrogen and oxygen atoms in total. The second-order valence-electron chi connectivity index (χ2n) is 8.20. The number of carbonyl (C=O) groups is 1. The van der Waals surface area contributed by atoms with E-state index in [1.807, 2.05) is 6.92 Å². The van der Waals surface area contributed by atoms with E-state index in [4.69, 9.17) is 11.6 Å². The van der Waals surface area contributed by atoms with Crippen molar-refractivity contribution in [3.05, 3.63) is 99.2 Å². The molecule has 3 aromatic rings. The predicted octanol–water partition coefficient (Wildman–Crippen LogP) is 5.61. The number of benzene rings is 2. The maximum Gasteiger partial charge on any atom is 0.428 e. The van der Waals surface area contributed by atoms with Gasteiger partial charge in [-0.3, -0.25) is 9.89 Å². The molecule has 1 aromatic heterocycles. The number of nitrogens with one attached hydrogen (secondary N) is 2. The molecule has 2 N–H and O–H groups in total. The lowest BCUT2D eigenvalue weighted by molar-refractivity contribution is -0.182. The van der Waals surface area contributed by atoms with Gasteiger partial charge in [0, 0.05) is 34.8 Å². The number of amides is 1. The summed E-state index contributed by atoms with van der Waals surface area (Å²) >= 11 is 5.82. The molecule has 2 aromatic carbocycles. The molecule has 1 unspecified atom stereocenters. The molecule has 0 fully saturated rings. The Kier molecular flexibility index (Phi) is 6.75. The molecule has 1 atom stereocenters. The number of aromatic nitrogens is 2. The first-order valence-electron chi connectivity index (χ1n) is 10.6. The molecule has 4 rings (SSSR count). The van der Waals surface area contributed by atoms with Crippen LogP contribution in [0.4, 0.5) is 17.6 Å². The third-order valence-electron chi connectivity index (χ3n) is 5.80. The number of azo groups is 1. The fourth-order valence-electron chi connectivity index (χ4n) is 3.81. The number of aryl methyl sites for hydroxylation is 1. The van der Waals surface area contributed by atoms with Gasteiger partial charge >= 0.3 is 6.18 Å².